The zero-order valence-corrected chi connectivity index (χ0v) is 14.9. The molecule has 7 nitrogen and oxygen atoms in total. The molecule has 0 atom stereocenters. The molecule has 0 aromatic heterocycles. The third-order valence-electron chi connectivity index (χ3n) is 4.42. The molecular formula is C16H18Cl2N4O3. The Bertz CT molecular complexity index is 699. The van der Waals surface area contributed by atoms with Crippen LogP contribution in [0, 0.1) is 0 Å². The standard InChI is InChI=1S/C16H18Cl2N4O3/c17-10-6-11(18)8-12(7-10)19-9-13(23)21-22-14(24)16(20-15(22)25)4-2-1-3-5-16/h6-8,19H,1-5,9H2,(H,20,25)(H,21,23). The number of benzene rings is 1. The van der Waals surface area contributed by atoms with Gasteiger partial charge in [-0.3, -0.25) is 15.0 Å². The molecular weight excluding hydrogens is 367 g/mol. The third kappa shape index (κ3) is 3.82. The summed E-state index contributed by atoms with van der Waals surface area (Å²) in [5, 5.41) is 7.23. The van der Waals surface area contributed by atoms with E-state index in [1.54, 1.807) is 18.2 Å². The monoisotopic (exact) mass is 384 g/mol. The Morgan fingerprint density at radius 1 is 1.12 bits per heavy atom. The second-order valence-electron chi connectivity index (χ2n) is 6.26. The lowest BCUT2D eigenvalue weighted by molar-refractivity contribution is -0.139. The largest absolute Gasteiger partial charge is 0.376 e. The van der Waals surface area contributed by atoms with Gasteiger partial charge in [0.2, 0.25) is 0 Å². The minimum absolute atomic E-state index is 0.138. The average molecular weight is 385 g/mol. The fourth-order valence-electron chi connectivity index (χ4n) is 3.22. The maximum absolute atomic E-state index is 12.6. The molecule has 9 heteroatoms. The maximum Gasteiger partial charge on any atom is 0.344 e. The van der Waals surface area contributed by atoms with Crippen LogP contribution in [0.15, 0.2) is 18.2 Å². The van der Waals surface area contributed by atoms with Crippen molar-refractivity contribution in [1.82, 2.24) is 15.8 Å². The van der Waals surface area contributed by atoms with Crippen molar-refractivity contribution in [3.63, 3.8) is 0 Å². The summed E-state index contributed by atoms with van der Waals surface area (Å²) in [6.07, 6.45) is 4.01. The van der Waals surface area contributed by atoms with E-state index in [0.717, 1.165) is 24.3 Å². The van der Waals surface area contributed by atoms with Gasteiger partial charge in [0.25, 0.3) is 11.8 Å². The van der Waals surface area contributed by atoms with Gasteiger partial charge in [-0.15, -0.1) is 0 Å². The number of urea groups is 1. The van der Waals surface area contributed by atoms with E-state index in [4.69, 9.17) is 23.2 Å². The molecule has 1 saturated carbocycles. The summed E-state index contributed by atoms with van der Waals surface area (Å²) in [5.41, 5.74) is 2.05. The summed E-state index contributed by atoms with van der Waals surface area (Å²) in [7, 11) is 0. The molecule has 134 valence electrons. The van der Waals surface area contributed by atoms with Crippen molar-refractivity contribution in [2.75, 3.05) is 11.9 Å². The highest BCUT2D eigenvalue weighted by Crippen LogP contribution is 2.33. The lowest BCUT2D eigenvalue weighted by atomic mass is 9.82. The van der Waals surface area contributed by atoms with Crippen LogP contribution in [-0.2, 0) is 9.59 Å². The number of hydrazine groups is 1. The van der Waals surface area contributed by atoms with Crippen molar-refractivity contribution in [2.24, 2.45) is 0 Å². The molecule has 1 aliphatic carbocycles. The first kappa shape index (κ1) is 17.8. The summed E-state index contributed by atoms with van der Waals surface area (Å²) in [5.74, 6) is -0.913. The number of amides is 4. The molecule has 1 aromatic rings. The molecule has 1 saturated heterocycles. The third-order valence-corrected chi connectivity index (χ3v) is 4.86. The smallest absolute Gasteiger partial charge is 0.344 e. The van der Waals surface area contributed by atoms with Gasteiger partial charge in [0.15, 0.2) is 0 Å². The molecule has 0 bridgehead atoms. The number of halogens is 2. The zero-order valence-electron chi connectivity index (χ0n) is 13.4. The van der Waals surface area contributed by atoms with Crippen LogP contribution in [0.25, 0.3) is 0 Å². The number of carbonyl (C=O) groups excluding carboxylic acids is 3. The van der Waals surface area contributed by atoms with Gasteiger partial charge < -0.3 is 10.6 Å². The molecule has 0 radical (unpaired) electrons. The Labute approximate surface area is 155 Å². The lowest BCUT2D eigenvalue weighted by Crippen LogP contribution is -2.51. The fourth-order valence-corrected chi connectivity index (χ4v) is 3.74. The number of carbonyl (C=O) groups is 3. The molecule has 2 fully saturated rings. The second kappa shape index (κ2) is 7.09. The van der Waals surface area contributed by atoms with Gasteiger partial charge in [-0.1, -0.05) is 42.5 Å². The van der Waals surface area contributed by atoms with E-state index in [0.29, 0.717) is 28.6 Å². The molecule has 3 N–H and O–H groups in total. The summed E-state index contributed by atoms with van der Waals surface area (Å²) >= 11 is 11.8. The van der Waals surface area contributed by atoms with Crippen LogP contribution in [0.4, 0.5) is 10.5 Å². The van der Waals surface area contributed by atoms with Gasteiger partial charge in [-0.05, 0) is 31.0 Å². The van der Waals surface area contributed by atoms with Crippen molar-refractivity contribution in [2.45, 2.75) is 37.6 Å². The number of anilines is 1. The second-order valence-corrected chi connectivity index (χ2v) is 7.13. The average Bonchev–Trinajstić information content (AvgIpc) is 2.77. The fraction of sp³-hybridized carbons (Fsp3) is 0.438. The van der Waals surface area contributed by atoms with Crippen LogP contribution in [0.1, 0.15) is 32.1 Å². The number of nitrogens with zero attached hydrogens (tertiary/aromatic N) is 1. The highest BCUT2D eigenvalue weighted by Gasteiger charge is 2.52. The van der Waals surface area contributed by atoms with Crippen molar-refractivity contribution in [3.8, 4) is 0 Å². The number of nitrogens with one attached hydrogen (secondary N) is 3. The zero-order chi connectivity index (χ0) is 18.0. The van der Waals surface area contributed by atoms with Crippen LogP contribution < -0.4 is 16.1 Å². The van der Waals surface area contributed by atoms with Gasteiger partial charge in [-0.25, -0.2) is 4.79 Å². The van der Waals surface area contributed by atoms with Gasteiger partial charge in [0.05, 0.1) is 6.54 Å². The van der Waals surface area contributed by atoms with Crippen LogP contribution in [0.3, 0.4) is 0 Å². The van der Waals surface area contributed by atoms with Crippen molar-refractivity contribution < 1.29 is 14.4 Å². The Kier molecular flexibility index (Phi) is 5.06. The van der Waals surface area contributed by atoms with Crippen LogP contribution in [0.2, 0.25) is 10.0 Å². The molecule has 4 amide bonds. The molecule has 25 heavy (non-hydrogen) atoms. The van der Waals surface area contributed by atoms with Gasteiger partial charge in [0.1, 0.15) is 5.54 Å². The Morgan fingerprint density at radius 2 is 1.76 bits per heavy atom. The van der Waals surface area contributed by atoms with E-state index in [1.165, 1.54) is 0 Å². The SMILES string of the molecule is O=C(CNc1cc(Cl)cc(Cl)c1)NN1C(=O)NC2(CCCCC2)C1=O. The highest BCUT2D eigenvalue weighted by atomic mass is 35.5. The molecule has 3 rings (SSSR count). The minimum atomic E-state index is -0.865. The molecule has 1 spiro atoms. The summed E-state index contributed by atoms with van der Waals surface area (Å²) < 4.78 is 0. The lowest BCUT2D eigenvalue weighted by Gasteiger charge is -2.30. The van der Waals surface area contributed by atoms with Crippen LogP contribution in [0.5, 0.6) is 0 Å². The topological polar surface area (TPSA) is 90.5 Å². The Hall–Kier alpha value is -1.99. The quantitative estimate of drug-likeness (QED) is 0.696. The van der Waals surface area contributed by atoms with E-state index < -0.39 is 23.4 Å². The van der Waals surface area contributed by atoms with Gasteiger partial charge in [-0.2, -0.15) is 5.01 Å². The molecule has 0 unspecified atom stereocenters. The summed E-state index contributed by atoms with van der Waals surface area (Å²) in [6, 6.07) is 4.22. The van der Waals surface area contributed by atoms with E-state index >= 15 is 0 Å². The predicted octanol–water partition coefficient (Wildman–Crippen LogP) is 2.69. The van der Waals surface area contributed by atoms with Crippen molar-refractivity contribution >= 4 is 46.7 Å². The van der Waals surface area contributed by atoms with E-state index in [-0.39, 0.29) is 6.54 Å². The van der Waals surface area contributed by atoms with Gasteiger partial charge >= 0.3 is 6.03 Å². The van der Waals surface area contributed by atoms with E-state index in [1.807, 2.05) is 0 Å². The summed E-state index contributed by atoms with van der Waals surface area (Å²) in [4.78, 5) is 36.7. The molecule has 2 aliphatic rings. The predicted molar refractivity (Wildman–Crippen MR) is 94.3 cm³/mol. The first-order valence-corrected chi connectivity index (χ1v) is 8.81. The summed E-state index contributed by atoms with van der Waals surface area (Å²) in [6.45, 7) is -0.138. The van der Waals surface area contributed by atoms with Gasteiger partial charge in [0, 0.05) is 15.7 Å². The Morgan fingerprint density at radius 3 is 2.40 bits per heavy atom. The molecule has 1 heterocycles. The first-order chi connectivity index (χ1) is 11.9. The van der Waals surface area contributed by atoms with Crippen molar-refractivity contribution in [1.29, 1.82) is 0 Å². The van der Waals surface area contributed by atoms with Crippen LogP contribution in [-0.4, -0.2) is 34.9 Å². The number of hydrogen-bond acceptors (Lipinski definition) is 4. The highest BCUT2D eigenvalue weighted by molar-refractivity contribution is 6.35. The van der Waals surface area contributed by atoms with E-state index in [2.05, 4.69) is 16.1 Å². The normalized spacial score (nSPS) is 19.0. The maximum atomic E-state index is 12.6. The Balaban J connectivity index is 1.59. The van der Waals surface area contributed by atoms with Crippen LogP contribution >= 0.6 is 23.2 Å². The first-order valence-electron chi connectivity index (χ1n) is 8.06. The molecule has 1 aromatic carbocycles. The van der Waals surface area contributed by atoms with Crippen molar-refractivity contribution in [3.05, 3.63) is 28.2 Å². The number of hydrogen-bond donors (Lipinski definition) is 3. The minimum Gasteiger partial charge on any atom is -0.376 e. The van der Waals surface area contributed by atoms with E-state index in [9.17, 15) is 14.4 Å². The number of rotatable bonds is 4. The number of imide groups is 1. The molecule has 1 aliphatic heterocycles.